The maximum Gasteiger partial charge on any atom is 0.416 e. The number of nitrogens with one attached hydrogen (secondary N) is 1. The minimum absolute atomic E-state index is 0.0267. The highest BCUT2D eigenvalue weighted by molar-refractivity contribution is 7.86. The molecule has 0 aliphatic heterocycles. The number of nitrogens with zero attached hydrogens (tertiary/aromatic N) is 5. The summed E-state index contributed by atoms with van der Waals surface area (Å²) in [4.78, 5) is 13.0. The summed E-state index contributed by atoms with van der Waals surface area (Å²) < 4.78 is 86.3. The minimum atomic E-state index is -4.59. The molecule has 0 saturated heterocycles. The maximum absolute atomic E-state index is 12.8. The molecule has 0 unspecified atom stereocenters. The number of fused-ring (bicyclic) bond motifs is 1. The van der Waals surface area contributed by atoms with Crippen LogP contribution < -0.4 is 14.8 Å². The lowest BCUT2D eigenvalue weighted by molar-refractivity contribution is -0.137. The third-order valence-electron chi connectivity index (χ3n) is 6.36. The molecule has 5 aromatic rings. The van der Waals surface area contributed by atoms with Gasteiger partial charge in [0.2, 0.25) is 11.8 Å². The van der Waals surface area contributed by atoms with Gasteiger partial charge in [-0.15, -0.1) is 5.10 Å². The average Bonchev–Trinajstić information content (AvgIpc) is 3.67. The minimum Gasteiger partial charge on any atom is -0.497 e. The molecule has 0 spiro atoms. The third kappa shape index (κ3) is 6.39. The summed E-state index contributed by atoms with van der Waals surface area (Å²) in [6.45, 7) is 1.69. The Balaban J connectivity index is 1.39. The first-order chi connectivity index (χ1) is 20.5. The number of hydrogen-bond donors (Lipinski definition) is 1. The van der Waals surface area contributed by atoms with Gasteiger partial charge in [-0.2, -0.15) is 26.1 Å². The Morgan fingerprint density at radius 2 is 1.81 bits per heavy atom. The second kappa shape index (κ2) is 11.9. The standard InChI is InChI=1S/C27H25F3N6O6S/c1-16-23(25-31-11-13-41-25)34-26(32-15-17-4-7-19(39-2)14-21(17)40-3)36-24(16)33-22(35-36)10-12-42-43(37,38)20-8-5-18(6-9-20)27(28,29)30/h4-9,11,13-14H,10,12,15H2,1-3H3,(H,32,34). The SMILES string of the molecule is COc1ccc(CNc2nc(-c3ncco3)c(C)c3nc(CCOS(=O)(=O)c4ccc(C(F)(F)F)cc4)nn23)c(OC)c1. The molecule has 0 amide bonds. The van der Waals surface area contributed by atoms with Crippen LogP contribution in [0.5, 0.6) is 11.5 Å². The van der Waals surface area contributed by atoms with Gasteiger partial charge in [0.1, 0.15) is 23.5 Å². The van der Waals surface area contributed by atoms with Gasteiger partial charge < -0.3 is 19.2 Å². The molecule has 0 atom stereocenters. The number of halogens is 3. The van der Waals surface area contributed by atoms with Crippen LogP contribution in [0.25, 0.3) is 17.2 Å². The van der Waals surface area contributed by atoms with Crippen molar-refractivity contribution in [2.45, 2.75) is 31.0 Å². The number of hydrogen-bond acceptors (Lipinski definition) is 11. The summed E-state index contributed by atoms with van der Waals surface area (Å²) in [5.41, 5.74) is 1.27. The number of ether oxygens (including phenoxy) is 2. The Labute approximate surface area is 243 Å². The molecule has 0 bridgehead atoms. The smallest absolute Gasteiger partial charge is 0.416 e. The van der Waals surface area contributed by atoms with E-state index in [2.05, 4.69) is 25.4 Å². The summed E-state index contributed by atoms with van der Waals surface area (Å²) in [5, 5.41) is 7.72. The zero-order valence-electron chi connectivity index (χ0n) is 23.0. The van der Waals surface area contributed by atoms with Crippen molar-refractivity contribution < 1.29 is 39.7 Å². The zero-order chi connectivity index (χ0) is 30.8. The lowest BCUT2D eigenvalue weighted by Crippen LogP contribution is -2.11. The van der Waals surface area contributed by atoms with Gasteiger partial charge in [0.05, 0.1) is 37.5 Å². The summed E-state index contributed by atoms with van der Waals surface area (Å²) in [6.07, 6.45) is -1.72. The van der Waals surface area contributed by atoms with Crippen LogP contribution in [0.15, 0.2) is 64.2 Å². The van der Waals surface area contributed by atoms with Gasteiger partial charge in [0.15, 0.2) is 11.5 Å². The van der Waals surface area contributed by atoms with Gasteiger partial charge in [0.25, 0.3) is 10.1 Å². The Kier molecular flexibility index (Phi) is 8.23. The topological polar surface area (TPSA) is 143 Å². The Bertz CT molecular complexity index is 1840. The summed E-state index contributed by atoms with van der Waals surface area (Å²) in [6, 6.07) is 8.43. The maximum atomic E-state index is 12.8. The van der Waals surface area contributed by atoms with Crippen LogP contribution in [0.3, 0.4) is 0 Å². The molecule has 226 valence electrons. The van der Waals surface area contributed by atoms with Crippen LogP contribution in [0.1, 0.15) is 22.5 Å². The molecule has 3 aromatic heterocycles. The van der Waals surface area contributed by atoms with Crippen LogP contribution in [-0.2, 0) is 33.4 Å². The van der Waals surface area contributed by atoms with Crippen molar-refractivity contribution in [3.63, 3.8) is 0 Å². The zero-order valence-corrected chi connectivity index (χ0v) is 23.9. The predicted octanol–water partition coefficient (Wildman–Crippen LogP) is 4.68. The fraction of sp³-hybridized carbons (Fsp3) is 0.259. The van der Waals surface area contributed by atoms with E-state index in [1.807, 2.05) is 6.07 Å². The monoisotopic (exact) mass is 618 g/mol. The van der Waals surface area contributed by atoms with Gasteiger partial charge >= 0.3 is 6.18 Å². The highest BCUT2D eigenvalue weighted by Crippen LogP contribution is 2.30. The Hall–Kier alpha value is -4.70. The molecule has 0 fully saturated rings. The first kappa shape index (κ1) is 29.8. The van der Waals surface area contributed by atoms with Gasteiger partial charge in [0, 0.05) is 30.2 Å². The molecule has 0 aliphatic rings. The number of anilines is 1. The number of methoxy groups -OCH3 is 2. The van der Waals surface area contributed by atoms with Gasteiger partial charge in [-0.25, -0.2) is 15.0 Å². The Morgan fingerprint density at radius 1 is 1.05 bits per heavy atom. The van der Waals surface area contributed by atoms with Crippen LogP contribution in [0.2, 0.25) is 0 Å². The number of oxazole rings is 1. The number of aryl methyl sites for hydroxylation is 1. The number of alkyl halides is 3. The van der Waals surface area contributed by atoms with Crippen molar-refractivity contribution in [2.75, 3.05) is 26.1 Å². The lowest BCUT2D eigenvalue weighted by Gasteiger charge is -2.13. The van der Waals surface area contributed by atoms with E-state index < -0.39 is 26.8 Å². The number of aromatic nitrogens is 5. The van der Waals surface area contributed by atoms with Gasteiger partial charge in [-0.3, -0.25) is 4.18 Å². The van der Waals surface area contributed by atoms with Crippen molar-refractivity contribution in [1.82, 2.24) is 24.6 Å². The highest BCUT2D eigenvalue weighted by atomic mass is 32.2. The predicted molar refractivity (Wildman–Crippen MR) is 146 cm³/mol. The van der Waals surface area contributed by atoms with E-state index in [0.29, 0.717) is 46.5 Å². The second-order valence-electron chi connectivity index (χ2n) is 9.09. The van der Waals surface area contributed by atoms with Crippen molar-refractivity contribution >= 4 is 21.7 Å². The van der Waals surface area contributed by atoms with E-state index in [-0.39, 0.29) is 31.3 Å². The van der Waals surface area contributed by atoms with E-state index >= 15 is 0 Å². The van der Waals surface area contributed by atoms with Crippen molar-refractivity contribution in [2.24, 2.45) is 0 Å². The molecular weight excluding hydrogens is 593 g/mol. The molecular formula is C27H25F3N6O6S. The average molecular weight is 619 g/mol. The van der Waals surface area contributed by atoms with E-state index in [4.69, 9.17) is 18.1 Å². The highest BCUT2D eigenvalue weighted by Gasteiger charge is 2.31. The summed E-state index contributed by atoms with van der Waals surface area (Å²) in [5.74, 6) is 2.02. The fourth-order valence-corrected chi connectivity index (χ4v) is 5.06. The molecule has 0 radical (unpaired) electrons. The van der Waals surface area contributed by atoms with Crippen molar-refractivity contribution in [3.05, 3.63) is 77.4 Å². The first-order valence-electron chi connectivity index (χ1n) is 12.7. The molecule has 5 rings (SSSR count). The van der Waals surface area contributed by atoms with Gasteiger partial charge in [-0.05, 0) is 43.3 Å². The largest absolute Gasteiger partial charge is 0.497 e. The lowest BCUT2D eigenvalue weighted by atomic mass is 10.2. The molecule has 43 heavy (non-hydrogen) atoms. The summed E-state index contributed by atoms with van der Waals surface area (Å²) in [7, 11) is -1.22. The molecule has 12 nitrogen and oxygen atoms in total. The fourth-order valence-electron chi connectivity index (χ4n) is 4.15. The van der Waals surface area contributed by atoms with E-state index in [9.17, 15) is 21.6 Å². The molecule has 0 aliphatic carbocycles. The molecule has 3 heterocycles. The van der Waals surface area contributed by atoms with Crippen molar-refractivity contribution in [1.29, 1.82) is 0 Å². The molecule has 1 N–H and O–H groups in total. The van der Waals surface area contributed by atoms with Crippen LogP contribution in [0, 0.1) is 6.92 Å². The normalized spacial score (nSPS) is 12.0. The number of benzene rings is 2. The molecule has 16 heteroatoms. The third-order valence-corrected chi connectivity index (χ3v) is 7.69. The van der Waals surface area contributed by atoms with Crippen molar-refractivity contribution in [3.8, 4) is 23.1 Å². The van der Waals surface area contributed by atoms with E-state index in [1.165, 1.54) is 17.0 Å². The molecule has 2 aromatic carbocycles. The van der Waals surface area contributed by atoms with Crippen LogP contribution in [0.4, 0.5) is 19.1 Å². The molecule has 0 saturated carbocycles. The number of rotatable bonds is 11. The van der Waals surface area contributed by atoms with Crippen LogP contribution in [-0.4, -0.2) is 53.8 Å². The Morgan fingerprint density at radius 3 is 2.47 bits per heavy atom. The second-order valence-corrected chi connectivity index (χ2v) is 10.7. The van der Waals surface area contributed by atoms with E-state index in [0.717, 1.165) is 17.7 Å². The first-order valence-corrected chi connectivity index (χ1v) is 14.1. The van der Waals surface area contributed by atoms with Crippen LogP contribution >= 0.6 is 0 Å². The quantitative estimate of drug-likeness (QED) is 0.206. The van der Waals surface area contributed by atoms with E-state index in [1.54, 1.807) is 33.3 Å². The van der Waals surface area contributed by atoms with Gasteiger partial charge in [-0.1, -0.05) is 0 Å². The summed E-state index contributed by atoms with van der Waals surface area (Å²) >= 11 is 0.